The first-order valence-corrected chi connectivity index (χ1v) is 4.86. The van der Waals surface area contributed by atoms with E-state index in [2.05, 4.69) is 9.47 Å². The van der Waals surface area contributed by atoms with Crippen LogP contribution in [0.25, 0.3) is 0 Å². The minimum Gasteiger partial charge on any atom is -0.467 e. The van der Waals surface area contributed by atoms with Crippen LogP contribution >= 0.6 is 0 Å². The van der Waals surface area contributed by atoms with E-state index in [4.69, 9.17) is 0 Å². The zero-order valence-electron chi connectivity index (χ0n) is 9.19. The number of rotatable bonds is 5. The van der Waals surface area contributed by atoms with Crippen molar-refractivity contribution in [2.75, 3.05) is 13.4 Å². The van der Waals surface area contributed by atoms with Crippen molar-refractivity contribution in [1.82, 2.24) is 0 Å². The van der Waals surface area contributed by atoms with E-state index in [0.717, 1.165) is 6.07 Å². The highest BCUT2D eigenvalue weighted by Crippen LogP contribution is 2.18. The van der Waals surface area contributed by atoms with Crippen LogP contribution in [-0.2, 0) is 4.74 Å². The summed E-state index contributed by atoms with van der Waals surface area (Å²) in [5, 5.41) is 0. The van der Waals surface area contributed by atoms with Crippen LogP contribution in [0.15, 0.2) is 18.2 Å². The fourth-order valence-corrected chi connectivity index (χ4v) is 1.13. The predicted molar refractivity (Wildman–Crippen MR) is 52.6 cm³/mol. The summed E-state index contributed by atoms with van der Waals surface area (Å²) in [6.45, 7) is -7.91. The Balaban J connectivity index is 2.55. The van der Waals surface area contributed by atoms with Gasteiger partial charge in [-0.3, -0.25) is 0 Å². The summed E-state index contributed by atoms with van der Waals surface area (Å²) in [5.74, 6) is -1.91. The Morgan fingerprint density at radius 3 is 2.21 bits per heavy atom. The molecule has 0 bridgehead atoms. The molecule has 1 aromatic carbocycles. The summed E-state index contributed by atoms with van der Waals surface area (Å²) >= 11 is 0. The molecule has 108 valence electrons. The first-order chi connectivity index (χ1) is 8.59. The van der Waals surface area contributed by atoms with Crippen molar-refractivity contribution >= 4 is 12.4 Å². The van der Waals surface area contributed by atoms with Crippen molar-refractivity contribution < 1.29 is 40.0 Å². The number of benzene rings is 1. The Morgan fingerprint density at radius 1 is 1.11 bits per heavy atom. The SMILES string of the molecule is Fc1cc(OCOCC(F)(F)F)ccc1[B-](F)(F)F. The Bertz CT molecular complexity index is 430. The Kier molecular flexibility index (Phi) is 4.67. The minimum absolute atomic E-state index is 0.358. The highest BCUT2D eigenvalue weighted by atomic mass is 19.4. The van der Waals surface area contributed by atoms with Gasteiger partial charge in [-0.25, -0.2) is 4.39 Å². The third-order valence-electron chi connectivity index (χ3n) is 1.90. The third-order valence-corrected chi connectivity index (χ3v) is 1.90. The molecule has 19 heavy (non-hydrogen) atoms. The van der Waals surface area contributed by atoms with Crippen molar-refractivity contribution in [2.24, 2.45) is 0 Å². The van der Waals surface area contributed by atoms with Crippen LogP contribution < -0.4 is 10.2 Å². The zero-order valence-corrected chi connectivity index (χ0v) is 9.19. The van der Waals surface area contributed by atoms with Crippen LogP contribution in [0.4, 0.5) is 30.5 Å². The van der Waals surface area contributed by atoms with Gasteiger partial charge >= 0.3 is 13.2 Å². The summed E-state index contributed by atoms with van der Waals surface area (Å²) in [6, 6.07) is 1.68. The van der Waals surface area contributed by atoms with Gasteiger partial charge in [0, 0.05) is 6.07 Å². The molecule has 0 fully saturated rings. The quantitative estimate of drug-likeness (QED) is 0.359. The molecule has 1 rings (SSSR count). The van der Waals surface area contributed by atoms with E-state index in [1.807, 2.05) is 0 Å². The van der Waals surface area contributed by atoms with Gasteiger partial charge in [0.1, 0.15) is 12.4 Å². The van der Waals surface area contributed by atoms with Gasteiger partial charge in [0.2, 0.25) is 0 Å². The second-order valence-electron chi connectivity index (χ2n) is 3.48. The van der Waals surface area contributed by atoms with Gasteiger partial charge in [-0.1, -0.05) is 11.5 Å². The van der Waals surface area contributed by atoms with E-state index in [9.17, 15) is 30.5 Å². The maximum atomic E-state index is 13.0. The van der Waals surface area contributed by atoms with Crippen LogP contribution in [-0.4, -0.2) is 26.6 Å². The van der Waals surface area contributed by atoms with Gasteiger partial charge in [0.15, 0.2) is 6.79 Å². The smallest absolute Gasteiger partial charge is 0.467 e. The fraction of sp³-hybridized carbons (Fsp3) is 0.333. The maximum absolute atomic E-state index is 13.0. The Morgan fingerprint density at radius 2 is 1.74 bits per heavy atom. The molecule has 0 spiro atoms. The summed E-state index contributed by atoms with van der Waals surface area (Å²) in [4.78, 5) is 0. The molecule has 0 N–H and O–H groups in total. The second-order valence-corrected chi connectivity index (χ2v) is 3.48. The van der Waals surface area contributed by atoms with Crippen molar-refractivity contribution in [3.63, 3.8) is 0 Å². The van der Waals surface area contributed by atoms with Gasteiger partial charge in [-0.2, -0.15) is 13.2 Å². The number of hydrogen-bond acceptors (Lipinski definition) is 2. The second kappa shape index (κ2) is 5.68. The molecule has 0 saturated carbocycles. The van der Waals surface area contributed by atoms with Crippen molar-refractivity contribution in [2.45, 2.75) is 6.18 Å². The summed E-state index contributed by atoms with van der Waals surface area (Å²) in [5.41, 5.74) is -1.43. The average Bonchev–Trinajstić information content (AvgIpc) is 2.21. The summed E-state index contributed by atoms with van der Waals surface area (Å²) in [6.07, 6.45) is -4.54. The molecule has 2 nitrogen and oxygen atoms in total. The Labute approximate surface area is 103 Å². The predicted octanol–water partition coefficient (Wildman–Crippen LogP) is 2.80. The van der Waals surface area contributed by atoms with Crippen LogP contribution in [0.2, 0.25) is 0 Å². The molecule has 0 saturated heterocycles. The van der Waals surface area contributed by atoms with E-state index in [1.165, 1.54) is 0 Å². The lowest BCUT2D eigenvalue weighted by Crippen LogP contribution is -2.36. The van der Waals surface area contributed by atoms with Crippen LogP contribution in [0.3, 0.4) is 0 Å². The molecule has 0 atom stereocenters. The minimum atomic E-state index is -5.49. The largest absolute Gasteiger partial charge is 0.512 e. The van der Waals surface area contributed by atoms with E-state index >= 15 is 0 Å². The standard InChI is InChI=1S/C9H7BF7O2/c11-8-3-6(1-2-7(8)10(15,16)17)19-5-18-4-9(12,13)14/h1-3H,4-5H2/q-1. The molecule has 0 aliphatic rings. The monoisotopic (exact) mass is 291 g/mol. The van der Waals surface area contributed by atoms with Gasteiger partial charge < -0.3 is 22.4 Å². The molecule has 0 amide bonds. The molecule has 0 aromatic heterocycles. The lowest BCUT2D eigenvalue weighted by Gasteiger charge is -2.16. The number of halogens is 7. The van der Waals surface area contributed by atoms with Gasteiger partial charge in [0.05, 0.1) is 5.82 Å². The van der Waals surface area contributed by atoms with Crippen LogP contribution in [0.5, 0.6) is 5.75 Å². The molecular formula is C9H7BF7O2-. The van der Waals surface area contributed by atoms with Crippen molar-refractivity contribution in [3.05, 3.63) is 24.0 Å². The van der Waals surface area contributed by atoms with Crippen molar-refractivity contribution in [1.29, 1.82) is 0 Å². The molecular weight excluding hydrogens is 284 g/mol. The highest BCUT2D eigenvalue weighted by Gasteiger charge is 2.29. The van der Waals surface area contributed by atoms with Crippen LogP contribution in [0.1, 0.15) is 0 Å². The summed E-state index contributed by atoms with van der Waals surface area (Å²) < 4.78 is 93.4. The highest BCUT2D eigenvalue weighted by molar-refractivity contribution is 6.73. The lowest BCUT2D eigenvalue weighted by atomic mass is 9.80. The third kappa shape index (κ3) is 5.37. The molecule has 0 aliphatic heterocycles. The number of ether oxygens (including phenoxy) is 2. The van der Waals surface area contributed by atoms with Crippen LogP contribution in [0, 0.1) is 5.82 Å². The zero-order chi connectivity index (χ0) is 14.7. The number of alkyl halides is 3. The average molecular weight is 291 g/mol. The fourth-order valence-electron chi connectivity index (χ4n) is 1.13. The van der Waals surface area contributed by atoms with Crippen molar-refractivity contribution in [3.8, 4) is 5.75 Å². The molecule has 0 heterocycles. The lowest BCUT2D eigenvalue weighted by molar-refractivity contribution is -0.186. The van der Waals surface area contributed by atoms with Gasteiger partial charge in [-0.15, -0.1) is 0 Å². The first-order valence-electron chi connectivity index (χ1n) is 4.86. The Hall–Kier alpha value is -1.45. The van der Waals surface area contributed by atoms with E-state index < -0.39 is 37.8 Å². The summed E-state index contributed by atoms with van der Waals surface area (Å²) in [7, 11) is 0. The van der Waals surface area contributed by atoms with Gasteiger partial charge in [-0.05, 0) is 6.07 Å². The number of hydrogen-bond donors (Lipinski definition) is 0. The van der Waals surface area contributed by atoms with Gasteiger partial charge in [0.25, 0.3) is 0 Å². The topological polar surface area (TPSA) is 18.5 Å². The van der Waals surface area contributed by atoms with E-state index in [1.54, 1.807) is 0 Å². The van der Waals surface area contributed by atoms with E-state index in [0.29, 0.717) is 12.1 Å². The molecule has 10 heteroatoms. The molecule has 0 radical (unpaired) electrons. The molecule has 0 aliphatic carbocycles. The van der Waals surface area contributed by atoms with E-state index in [-0.39, 0.29) is 5.75 Å². The maximum Gasteiger partial charge on any atom is 0.512 e. The molecule has 0 unspecified atom stereocenters. The normalized spacial score (nSPS) is 12.6. The molecule has 1 aromatic rings. The first kappa shape index (κ1) is 15.6.